The van der Waals surface area contributed by atoms with Gasteiger partial charge in [-0.05, 0) is 22.5 Å². The van der Waals surface area contributed by atoms with Gasteiger partial charge in [0.25, 0.3) is 0 Å². The maximum Gasteiger partial charge on any atom is 0.140 e. The summed E-state index contributed by atoms with van der Waals surface area (Å²) >= 11 is 0. The van der Waals surface area contributed by atoms with Crippen molar-refractivity contribution in [3.8, 4) is 5.75 Å². The van der Waals surface area contributed by atoms with Gasteiger partial charge in [0, 0.05) is 6.07 Å². The Morgan fingerprint density at radius 3 is 2.27 bits per heavy atom. The van der Waals surface area contributed by atoms with Crippen molar-refractivity contribution >= 4 is 11.4 Å². The van der Waals surface area contributed by atoms with E-state index in [-0.39, 0.29) is 17.1 Å². The zero-order chi connectivity index (χ0) is 8.27. The Kier molecular flexibility index (Phi) is 1.91. The zero-order valence-corrected chi connectivity index (χ0v) is 5.39. The molecule has 0 radical (unpaired) electrons. The first-order valence-electron chi connectivity index (χ1n) is 2.77. The summed E-state index contributed by atoms with van der Waals surface area (Å²) in [5.74, 6) is -0.119. The molecule has 11 heavy (non-hydrogen) atoms. The SMILES string of the molecule is O=Nc1ccc(O)cc1N=O. The summed E-state index contributed by atoms with van der Waals surface area (Å²) < 4.78 is 0. The number of hydrogen-bond donors (Lipinski definition) is 1. The van der Waals surface area contributed by atoms with Crippen molar-refractivity contribution in [2.45, 2.75) is 0 Å². The normalized spacial score (nSPS) is 9.09. The van der Waals surface area contributed by atoms with Crippen LogP contribution in [0.25, 0.3) is 0 Å². The fourth-order valence-electron chi connectivity index (χ4n) is 0.662. The van der Waals surface area contributed by atoms with Crippen molar-refractivity contribution in [3.05, 3.63) is 28.0 Å². The monoisotopic (exact) mass is 152 g/mol. The molecule has 0 atom stereocenters. The van der Waals surface area contributed by atoms with Crippen LogP contribution in [0, 0.1) is 9.81 Å². The van der Waals surface area contributed by atoms with Gasteiger partial charge >= 0.3 is 0 Å². The minimum absolute atomic E-state index is 0.0715. The number of benzene rings is 1. The Morgan fingerprint density at radius 1 is 1.09 bits per heavy atom. The minimum Gasteiger partial charge on any atom is -0.508 e. The van der Waals surface area contributed by atoms with Crippen LogP contribution in [-0.4, -0.2) is 5.11 Å². The van der Waals surface area contributed by atoms with Gasteiger partial charge in [-0.1, -0.05) is 0 Å². The molecule has 56 valence electrons. The fraction of sp³-hybridized carbons (Fsp3) is 0. The van der Waals surface area contributed by atoms with Crippen LogP contribution in [-0.2, 0) is 0 Å². The molecular weight excluding hydrogens is 148 g/mol. The summed E-state index contributed by atoms with van der Waals surface area (Å²) in [7, 11) is 0. The van der Waals surface area contributed by atoms with E-state index in [1.807, 2.05) is 0 Å². The van der Waals surface area contributed by atoms with Crippen molar-refractivity contribution in [1.29, 1.82) is 0 Å². The van der Waals surface area contributed by atoms with Crippen LogP contribution in [0.4, 0.5) is 11.4 Å². The first-order chi connectivity index (χ1) is 5.27. The van der Waals surface area contributed by atoms with Crippen LogP contribution in [0.15, 0.2) is 28.6 Å². The highest BCUT2D eigenvalue weighted by Crippen LogP contribution is 2.30. The molecule has 0 saturated carbocycles. The van der Waals surface area contributed by atoms with Gasteiger partial charge in [-0.15, -0.1) is 9.81 Å². The molecule has 1 rings (SSSR count). The average Bonchev–Trinajstić information content (AvgIpc) is 2.04. The molecule has 0 aliphatic carbocycles. The highest BCUT2D eigenvalue weighted by molar-refractivity contribution is 5.63. The van der Waals surface area contributed by atoms with Gasteiger partial charge < -0.3 is 5.11 Å². The minimum atomic E-state index is -0.153. The number of phenolic OH excluding ortho intramolecular Hbond substituents is 1. The molecule has 0 aliphatic rings. The number of nitrogens with zero attached hydrogens (tertiary/aromatic N) is 2. The quantitative estimate of drug-likeness (QED) is 0.659. The Labute approximate surface area is 61.6 Å². The number of aromatic hydroxyl groups is 1. The highest BCUT2D eigenvalue weighted by Gasteiger charge is 2.02. The van der Waals surface area contributed by atoms with Gasteiger partial charge in [0.2, 0.25) is 0 Å². The number of phenols is 1. The maximum absolute atomic E-state index is 9.98. The number of nitroso groups, excluding NO2 is 2. The van der Waals surface area contributed by atoms with E-state index < -0.39 is 0 Å². The third-order valence-electron chi connectivity index (χ3n) is 1.16. The van der Waals surface area contributed by atoms with Crippen LogP contribution >= 0.6 is 0 Å². The van der Waals surface area contributed by atoms with Crippen LogP contribution in [0.3, 0.4) is 0 Å². The summed E-state index contributed by atoms with van der Waals surface area (Å²) in [6.45, 7) is 0. The molecule has 0 saturated heterocycles. The topological polar surface area (TPSA) is 79.1 Å². The molecule has 0 unspecified atom stereocenters. The Morgan fingerprint density at radius 2 is 1.73 bits per heavy atom. The van der Waals surface area contributed by atoms with Crippen molar-refractivity contribution in [1.82, 2.24) is 0 Å². The zero-order valence-electron chi connectivity index (χ0n) is 5.39. The van der Waals surface area contributed by atoms with Gasteiger partial charge in [-0.3, -0.25) is 0 Å². The first-order valence-corrected chi connectivity index (χ1v) is 2.77. The fourth-order valence-corrected chi connectivity index (χ4v) is 0.662. The van der Waals surface area contributed by atoms with Crippen molar-refractivity contribution < 1.29 is 5.11 Å². The summed E-state index contributed by atoms with van der Waals surface area (Å²) in [5, 5.41) is 13.8. The van der Waals surface area contributed by atoms with E-state index in [0.717, 1.165) is 6.07 Å². The van der Waals surface area contributed by atoms with Gasteiger partial charge in [0.1, 0.15) is 17.1 Å². The molecule has 1 aromatic carbocycles. The van der Waals surface area contributed by atoms with Crippen molar-refractivity contribution in [2.24, 2.45) is 10.4 Å². The van der Waals surface area contributed by atoms with Crippen LogP contribution in [0.1, 0.15) is 0 Å². The van der Waals surface area contributed by atoms with E-state index in [1.54, 1.807) is 0 Å². The summed E-state index contributed by atoms with van der Waals surface area (Å²) in [6, 6.07) is 3.55. The van der Waals surface area contributed by atoms with Gasteiger partial charge in [0.05, 0.1) is 0 Å². The number of rotatable bonds is 2. The third kappa shape index (κ3) is 1.37. The van der Waals surface area contributed by atoms with E-state index in [0.29, 0.717) is 0 Å². The predicted molar refractivity (Wildman–Crippen MR) is 39.0 cm³/mol. The maximum atomic E-state index is 9.98. The molecule has 1 aromatic rings. The van der Waals surface area contributed by atoms with Crippen LogP contribution in [0.5, 0.6) is 5.75 Å². The predicted octanol–water partition coefficient (Wildman–Crippen LogP) is 2.19. The largest absolute Gasteiger partial charge is 0.508 e. The van der Waals surface area contributed by atoms with Gasteiger partial charge in [-0.25, -0.2) is 0 Å². The molecule has 5 nitrogen and oxygen atoms in total. The van der Waals surface area contributed by atoms with E-state index in [4.69, 9.17) is 5.11 Å². The van der Waals surface area contributed by atoms with Crippen LogP contribution < -0.4 is 0 Å². The Bertz CT molecular complexity index is 298. The third-order valence-corrected chi connectivity index (χ3v) is 1.16. The second kappa shape index (κ2) is 2.87. The Balaban J connectivity index is 3.26. The van der Waals surface area contributed by atoms with Crippen molar-refractivity contribution in [2.75, 3.05) is 0 Å². The summed E-state index contributed by atoms with van der Waals surface area (Å²) in [6.07, 6.45) is 0. The molecular formula is C6H4N2O3. The molecule has 0 aromatic heterocycles. The summed E-state index contributed by atoms with van der Waals surface area (Å²) in [4.78, 5) is 19.9. The lowest BCUT2D eigenvalue weighted by Gasteiger charge is -1.93. The molecule has 0 fully saturated rings. The van der Waals surface area contributed by atoms with E-state index in [9.17, 15) is 9.81 Å². The van der Waals surface area contributed by atoms with E-state index in [2.05, 4.69) is 10.4 Å². The van der Waals surface area contributed by atoms with Crippen LogP contribution in [0.2, 0.25) is 0 Å². The highest BCUT2D eigenvalue weighted by atomic mass is 16.3. The molecule has 0 bridgehead atoms. The lowest BCUT2D eigenvalue weighted by molar-refractivity contribution is 0.475. The van der Waals surface area contributed by atoms with Crippen molar-refractivity contribution in [3.63, 3.8) is 0 Å². The lowest BCUT2D eigenvalue weighted by Crippen LogP contribution is -1.66. The van der Waals surface area contributed by atoms with Gasteiger partial charge in [0.15, 0.2) is 0 Å². The average molecular weight is 152 g/mol. The lowest BCUT2D eigenvalue weighted by atomic mass is 10.2. The molecule has 0 spiro atoms. The van der Waals surface area contributed by atoms with Gasteiger partial charge in [-0.2, -0.15) is 0 Å². The van der Waals surface area contributed by atoms with E-state index in [1.165, 1.54) is 12.1 Å². The molecule has 0 heterocycles. The molecule has 0 amide bonds. The standard InChI is InChI=1S/C6H4N2O3/c9-4-1-2-5(7-10)6(3-4)8-11/h1-3,9H. The second-order valence-corrected chi connectivity index (χ2v) is 1.86. The van der Waals surface area contributed by atoms with E-state index >= 15 is 0 Å². The molecule has 5 heteroatoms. The summed E-state index contributed by atoms with van der Waals surface area (Å²) in [5.41, 5.74) is -0.224. The Hall–Kier alpha value is -1.78. The smallest absolute Gasteiger partial charge is 0.140 e. The first kappa shape index (κ1) is 7.33. The molecule has 1 N–H and O–H groups in total. The second-order valence-electron chi connectivity index (χ2n) is 1.86. The molecule has 0 aliphatic heterocycles. The number of hydrogen-bond acceptors (Lipinski definition) is 5.